The highest BCUT2D eigenvalue weighted by Gasteiger charge is 2.20. The van der Waals surface area contributed by atoms with E-state index < -0.39 is 30.0 Å². The van der Waals surface area contributed by atoms with Gasteiger partial charge in [0.05, 0.1) is 19.8 Å². The molecule has 2 aromatic heterocycles. The van der Waals surface area contributed by atoms with Crippen LogP contribution in [0, 0.1) is 0 Å². The van der Waals surface area contributed by atoms with Crippen molar-refractivity contribution >= 4 is 79.2 Å². The van der Waals surface area contributed by atoms with E-state index >= 15 is 0 Å². The van der Waals surface area contributed by atoms with E-state index in [2.05, 4.69) is 45.9 Å². The van der Waals surface area contributed by atoms with Gasteiger partial charge in [-0.05, 0) is 59.5 Å². The number of aliphatic hydroxyl groups is 3. The number of aliphatic hydroxyl groups excluding tert-OH is 3. The van der Waals surface area contributed by atoms with Crippen molar-refractivity contribution in [2.75, 3.05) is 71.7 Å². The predicted octanol–water partition coefficient (Wildman–Crippen LogP) is 4.54. The van der Waals surface area contributed by atoms with Gasteiger partial charge in [-0.2, -0.15) is 46.7 Å². The predicted molar refractivity (Wildman–Crippen MR) is 243 cm³/mol. The van der Waals surface area contributed by atoms with Crippen molar-refractivity contribution < 1.29 is 41.3 Å². The van der Waals surface area contributed by atoms with Crippen molar-refractivity contribution in [2.24, 2.45) is 0 Å². The number of para-hydroxylation sites is 1. The summed E-state index contributed by atoms with van der Waals surface area (Å²) in [5.41, 5.74) is 1.82. The highest BCUT2D eigenvalue weighted by atomic mass is 32.2. The Morgan fingerprint density at radius 1 is 0.531 bits per heavy atom. The van der Waals surface area contributed by atoms with Gasteiger partial charge >= 0.3 is 0 Å². The summed E-state index contributed by atoms with van der Waals surface area (Å²) in [6.07, 6.45) is 3.55. The van der Waals surface area contributed by atoms with Crippen molar-refractivity contribution in [3.63, 3.8) is 0 Å². The van der Waals surface area contributed by atoms with Gasteiger partial charge in [-0.1, -0.05) is 79.7 Å². The first-order chi connectivity index (χ1) is 30.8. The lowest BCUT2D eigenvalue weighted by molar-refractivity contribution is 0.280. The molecule has 0 atom stereocenters. The Labute approximate surface area is 370 Å². The lowest BCUT2D eigenvalue weighted by atomic mass is 10.1. The number of anilines is 8. The summed E-state index contributed by atoms with van der Waals surface area (Å²) in [5, 5.41) is 38.0. The fraction of sp³-hybridized carbons (Fsp3) is 0.238. The largest absolute Gasteiger partial charge is 0.395 e. The van der Waals surface area contributed by atoms with Crippen molar-refractivity contribution in [1.29, 1.82) is 0 Å². The highest BCUT2D eigenvalue weighted by Crippen LogP contribution is 2.29. The van der Waals surface area contributed by atoms with E-state index in [-0.39, 0.29) is 91.7 Å². The minimum atomic E-state index is -4.89. The van der Waals surface area contributed by atoms with Gasteiger partial charge in [0.2, 0.25) is 29.7 Å². The number of rotatable bonds is 22. The van der Waals surface area contributed by atoms with E-state index in [4.69, 9.17) is 0 Å². The van der Waals surface area contributed by atoms with Crippen molar-refractivity contribution in [2.45, 2.75) is 29.6 Å². The topological polar surface area (TPSA) is 289 Å². The fourth-order valence-electron chi connectivity index (χ4n) is 6.37. The van der Waals surface area contributed by atoms with Crippen LogP contribution in [0.25, 0.3) is 12.2 Å². The maximum Gasteiger partial charge on any atom is 0.295 e. The monoisotopic (exact) mass is 913 g/mol. The molecule has 0 aliphatic heterocycles. The molecule has 8 N–H and O–H groups in total. The van der Waals surface area contributed by atoms with Crippen LogP contribution in [0.3, 0.4) is 0 Å². The molecule has 0 amide bonds. The second-order valence-electron chi connectivity index (χ2n) is 14.0. The van der Waals surface area contributed by atoms with Gasteiger partial charge in [0.25, 0.3) is 20.2 Å². The molecule has 0 radical (unpaired) electrons. The molecule has 0 aliphatic rings. The number of benzene rings is 4. The molecule has 0 spiro atoms. The highest BCUT2D eigenvalue weighted by molar-refractivity contribution is 7.86. The van der Waals surface area contributed by atoms with Gasteiger partial charge in [0, 0.05) is 49.7 Å². The molecule has 6 rings (SSSR count). The van der Waals surface area contributed by atoms with Crippen LogP contribution in [0.5, 0.6) is 0 Å². The molecule has 22 heteroatoms. The molecule has 0 unspecified atom stereocenters. The number of hydrogen-bond donors (Lipinski definition) is 8. The smallest absolute Gasteiger partial charge is 0.295 e. The Kier molecular flexibility index (Phi) is 15.8. The van der Waals surface area contributed by atoms with Crippen LogP contribution in [0.2, 0.25) is 0 Å². The second kappa shape index (κ2) is 21.6. The van der Waals surface area contributed by atoms with Crippen molar-refractivity contribution in [1.82, 2.24) is 29.9 Å². The molecule has 0 saturated heterocycles. The zero-order valence-corrected chi connectivity index (χ0v) is 36.2. The van der Waals surface area contributed by atoms with Crippen LogP contribution in [0.15, 0.2) is 107 Å². The van der Waals surface area contributed by atoms with Gasteiger partial charge < -0.3 is 41.1 Å². The Morgan fingerprint density at radius 3 is 1.44 bits per heavy atom. The van der Waals surface area contributed by atoms with Gasteiger partial charge in [-0.15, -0.1) is 0 Å². The summed E-state index contributed by atoms with van der Waals surface area (Å²) in [6.45, 7) is 2.29. The van der Waals surface area contributed by atoms with E-state index in [0.29, 0.717) is 24.5 Å². The van der Waals surface area contributed by atoms with Crippen molar-refractivity contribution in [3.05, 3.63) is 120 Å². The van der Waals surface area contributed by atoms with Gasteiger partial charge in [-0.3, -0.25) is 9.11 Å². The van der Waals surface area contributed by atoms with Crippen LogP contribution >= 0.6 is 0 Å². The van der Waals surface area contributed by atoms with Gasteiger partial charge in [-0.25, -0.2) is 0 Å². The lowest BCUT2D eigenvalue weighted by Crippen LogP contribution is -2.32. The molecule has 336 valence electrons. The summed E-state index contributed by atoms with van der Waals surface area (Å²) < 4.78 is 71.6. The molecule has 64 heavy (non-hydrogen) atoms. The maximum atomic E-state index is 12.7. The fourth-order valence-corrected chi connectivity index (χ4v) is 7.79. The third-order valence-electron chi connectivity index (χ3n) is 9.24. The minimum Gasteiger partial charge on any atom is -0.395 e. The van der Waals surface area contributed by atoms with Crippen molar-refractivity contribution in [3.8, 4) is 0 Å². The molecular formula is C42H47N11O9S2. The molecule has 20 nitrogen and oxygen atoms in total. The first-order valence-electron chi connectivity index (χ1n) is 19.9. The number of nitrogens with one attached hydrogen (secondary N) is 3. The summed E-state index contributed by atoms with van der Waals surface area (Å²) >= 11 is 0. The van der Waals surface area contributed by atoms with Crippen LogP contribution in [-0.2, 0) is 26.7 Å². The third-order valence-corrected chi connectivity index (χ3v) is 11.1. The summed E-state index contributed by atoms with van der Waals surface area (Å²) in [4.78, 5) is 29.2. The number of aromatic nitrogens is 6. The maximum absolute atomic E-state index is 12.7. The Hall–Kier alpha value is -6.66. The quantitative estimate of drug-likeness (QED) is 0.0343. The zero-order chi connectivity index (χ0) is 45.7. The first kappa shape index (κ1) is 46.8. The molecule has 0 saturated carbocycles. The van der Waals surface area contributed by atoms with Crippen LogP contribution in [-0.4, -0.2) is 117 Å². The third kappa shape index (κ3) is 12.9. The Morgan fingerprint density at radius 2 is 0.969 bits per heavy atom. The average Bonchev–Trinajstić information content (AvgIpc) is 3.26. The van der Waals surface area contributed by atoms with E-state index in [0.717, 1.165) is 24.1 Å². The number of nitrogens with zero attached hydrogens (tertiary/aromatic N) is 8. The molecule has 6 aromatic rings. The van der Waals surface area contributed by atoms with E-state index in [1.54, 1.807) is 9.80 Å². The van der Waals surface area contributed by atoms with Crippen LogP contribution in [0.4, 0.5) is 46.8 Å². The SMILES string of the molecule is CCCN(CCO)c1nc(Nc2ccccc2)nc(Nc2ccc(C=Cc3ccc(Nc4nc(Cc5ccccc5)nc(N(CCO)CCO)n4)cc3S(=O)(=O)O)c(S(=O)(=O)O)c2)n1. The normalized spacial score (nSPS) is 11.7. The molecular weight excluding hydrogens is 867 g/mol. The summed E-state index contributed by atoms with van der Waals surface area (Å²) in [7, 11) is -9.76. The molecule has 2 heterocycles. The molecule has 0 fully saturated rings. The zero-order valence-electron chi connectivity index (χ0n) is 34.5. The molecule has 4 aromatic carbocycles. The minimum absolute atomic E-state index is 0.00778. The standard InChI is InChI=1S/C42H47N11O9S2/c1-2-19-52(20-23-54)42-50-39(43-32-11-7-4-8-12-32)48-40(51-42)45-34-18-16-31(36(28-34)64(60,61)62)14-13-30-15-17-33(27-35(30)63(57,58)59)44-38-46-37(26-29-9-5-3-6-10-29)47-41(49-38)53(21-24-55)22-25-56/h3-18,27-28,54-56H,2,19-26H2,1H3,(H,57,58,59)(H,60,61,62)(H,44,46,47,49)(H2,43,45,48,50,51). The van der Waals surface area contributed by atoms with Crippen LogP contribution in [0.1, 0.15) is 35.9 Å². The van der Waals surface area contributed by atoms with E-state index in [1.807, 2.05) is 67.6 Å². The first-order valence-corrected chi connectivity index (χ1v) is 22.8. The second-order valence-corrected chi connectivity index (χ2v) is 16.8. The van der Waals surface area contributed by atoms with Crippen LogP contribution < -0.4 is 25.8 Å². The Bertz CT molecular complexity index is 2570. The lowest BCUT2D eigenvalue weighted by Gasteiger charge is -2.22. The average molecular weight is 914 g/mol. The molecule has 0 aliphatic carbocycles. The summed E-state index contributed by atoms with van der Waals surface area (Å²) in [6, 6.07) is 26.5. The number of hydrogen-bond acceptors (Lipinski definition) is 18. The van der Waals surface area contributed by atoms with E-state index in [1.165, 1.54) is 36.4 Å². The van der Waals surface area contributed by atoms with E-state index in [9.17, 15) is 41.3 Å². The molecule has 0 bridgehead atoms. The summed E-state index contributed by atoms with van der Waals surface area (Å²) in [5.74, 6) is 0.920. The van der Waals surface area contributed by atoms with Gasteiger partial charge in [0.15, 0.2) is 0 Å². The van der Waals surface area contributed by atoms with Gasteiger partial charge in [0.1, 0.15) is 15.6 Å². The Balaban J connectivity index is 1.31.